The van der Waals surface area contributed by atoms with Gasteiger partial charge in [0.05, 0.1) is 5.41 Å². The molecular formula is C16H22N2O2. The fraction of sp³-hybridized carbons (Fsp3) is 0.562. The van der Waals surface area contributed by atoms with Gasteiger partial charge in [-0.05, 0) is 49.1 Å². The summed E-state index contributed by atoms with van der Waals surface area (Å²) in [6, 6.07) is 5.49. The largest absolute Gasteiger partial charge is 0.508 e. The second kappa shape index (κ2) is 5.09. The molecule has 0 aliphatic carbocycles. The van der Waals surface area contributed by atoms with E-state index in [1.807, 2.05) is 11.0 Å². The van der Waals surface area contributed by atoms with E-state index in [2.05, 4.69) is 12.2 Å². The smallest absolute Gasteiger partial charge is 0.230 e. The van der Waals surface area contributed by atoms with Crippen LogP contribution in [0.2, 0.25) is 0 Å². The summed E-state index contributed by atoms with van der Waals surface area (Å²) < 4.78 is 0. The molecule has 1 saturated heterocycles. The fourth-order valence-electron chi connectivity index (χ4n) is 3.43. The Morgan fingerprint density at radius 1 is 1.45 bits per heavy atom. The molecular weight excluding hydrogens is 252 g/mol. The maximum atomic E-state index is 12.9. The van der Waals surface area contributed by atoms with Gasteiger partial charge < -0.3 is 15.3 Å². The zero-order chi connectivity index (χ0) is 14.2. The standard InChI is InChI=1S/C16H22N2O2/c1-2-16(6-7-17-11-16)15(20)18-8-5-12-3-4-14(19)9-13(12)10-18/h3-4,9,17,19H,2,5-8,10-11H2,1H3. The first-order chi connectivity index (χ1) is 9.64. The molecule has 0 bridgehead atoms. The summed E-state index contributed by atoms with van der Waals surface area (Å²) in [5.41, 5.74) is 2.12. The van der Waals surface area contributed by atoms with Crippen molar-refractivity contribution in [2.45, 2.75) is 32.7 Å². The molecule has 1 aromatic carbocycles. The van der Waals surface area contributed by atoms with Crippen LogP contribution in [-0.2, 0) is 17.8 Å². The molecule has 1 unspecified atom stereocenters. The number of amides is 1. The molecule has 2 heterocycles. The highest BCUT2D eigenvalue weighted by atomic mass is 16.3. The topological polar surface area (TPSA) is 52.6 Å². The number of hydrogen-bond acceptors (Lipinski definition) is 3. The van der Waals surface area contributed by atoms with Gasteiger partial charge in [0.15, 0.2) is 0 Å². The molecule has 0 radical (unpaired) electrons. The average molecular weight is 274 g/mol. The van der Waals surface area contributed by atoms with Crippen LogP contribution in [0.15, 0.2) is 18.2 Å². The maximum Gasteiger partial charge on any atom is 0.230 e. The van der Waals surface area contributed by atoms with Crippen molar-refractivity contribution in [3.05, 3.63) is 29.3 Å². The second-order valence-corrected chi connectivity index (χ2v) is 5.99. The Morgan fingerprint density at radius 2 is 2.30 bits per heavy atom. The van der Waals surface area contributed by atoms with Gasteiger partial charge >= 0.3 is 0 Å². The highest BCUT2D eigenvalue weighted by Crippen LogP contribution is 2.34. The summed E-state index contributed by atoms with van der Waals surface area (Å²) in [4.78, 5) is 14.8. The number of carbonyl (C=O) groups excluding carboxylic acids is 1. The van der Waals surface area contributed by atoms with Crippen molar-refractivity contribution >= 4 is 5.91 Å². The van der Waals surface area contributed by atoms with E-state index in [0.717, 1.165) is 44.5 Å². The third kappa shape index (κ3) is 2.18. The molecule has 1 atom stereocenters. The van der Waals surface area contributed by atoms with Gasteiger partial charge in [0.25, 0.3) is 0 Å². The highest BCUT2D eigenvalue weighted by molar-refractivity contribution is 5.83. The normalized spacial score (nSPS) is 25.6. The summed E-state index contributed by atoms with van der Waals surface area (Å²) >= 11 is 0. The van der Waals surface area contributed by atoms with Crippen LogP contribution in [0.1, 0.15) is 30.9 Å². The van der Waals surface area contributed by atoms with E-state index in [-0.39, 0.29) is 17.1 Å². The lowest BCUT2D eigenvalue weighted by molar-refractivity contribution is -0.142. The highest BCUT2D eigenvalue weighted by Gasteiger charge is 2.42. The van der Waals surface area contributed by atoms with E-state index in [0.29, 0.717) is 6.54 Å². The summed E-state index contributed by atoms with van der Waals surface area (Å²) in [7, 11) is 0. The molecule has 4 nitrogen and oxygen atoms in total. The number of aromatic hydroxyl groups is 1. The summed E-state index contributed by atoms with van der Waals surface area (Å²) in [6.45, 7) is 5.26. The first-order valence-corrected chi connectivity index (χ1v) is 7.45. The number of benzene rings is 1. The molecule has 1 amide bonds. The molecule has 3 rings (SSSR count). The lowest BCUT2D eigenvalue weighted by atomic mass is 9.82. The van der Waals surface area contributed by atoms with Gasteiger partial charge in [-0.25, -0.2) is 0 Å². The maximum absolute atomic E-state index is 12.9. The monoisotopic (exact) mass is 274 g/mol. The van der Waals surface area contributed by atoms with Crippen molar-refractivity contribution in [2.75, 3.05) is 19.6 Å². The summed E-state index contributed by atoms with van der Waals surface area (Å²) in [5, 5.41) is 12.9. The number of carbonyl (C=O) groups is 1. The summed E-state index contributed by atoms with van der Waals surface area (Å²) in [5.74, 6) is 0.560. The Balaban J connectivity index is 1.81. The fourth-order valence-corrected chi connectivity index (χ4v) is 3.43. The van der Waals surface area contributed by atoms with Crippen LogP contribution in [0, 0.1) is 5.41 Å². The Kier molecular flexibility index (Phi) is 3.42. The number of nitrogens with one attached hydrogen (secondary N) is 1. The molecule has 2 aliphatic rings. The van der Waals surface area contributed by atoms with Crippen molar-refractivity contribution in [1.82, 2.24) is 10.2 Å². The Bertz CT molecular complexity index is 521. The second-order valence-electron chi connectivity index (χ2n) is 5.99. The van der Waals surface area contributed by atoms with E-state index >= 15 is 0 Å². The van der Waals surface area contributed by atoms with Gasteiger partial charge in [0.1, 0.15) is 5.75 Å². The van der Waals surface area contributed by atoms with Gasteiger partial charge in [-0.1, -0.05) is 13.0 Å². The SMILES string of the molecule is CCC1(C(=O)N2CCc3ccc(O)cc3C2)CCNC1. The molecule has 4 heteroatoms. The molecule has 0 spiro atoms. The number of hydrogen-bond donors (Lipinski definition) is 2. The number of nitrogens with zero attached hydrogens (tertiary/aromatic N) is 1. The van der Waals surface area contributed by atoms with Crippen LogP contribution in [0.3, 0.4) is 0 Å². The Labute approximate surface area is 119 Å². The van der Waals surface area contributed by atoms with Crippen LogP contribution < -0.4 is 5.32 Å². The predicted octanol–water partition coefficient (Wildman–Crippen LogP) is 1.67. The van der Waals surface area contributed by atoms with Crippen LogP contribution in [0.25, 0.3) is 0 Å². The van der Waals surface area contributed by atoms with Crippen molar-refractivity contribution < 1.29 is 9.90 Å². The minimum atomic E-state index is -0.214. The number of phenolic OH excluding ortho intramolecular Hbond substituents is 1. The minimum absolute atomic E-state index is 0.214. The third-order valence-corrected chi connectivity index (χ3v) is 4.86. The quantitative estimate of drug-likeness (QED) is 0.862. The number of rotatable bonds is 2. The predicted molar refractivity (Wildman–Crippen MR) is 77.4 cm³/mol. The van der Waals surface area contributed by atoms with Crippen molar-refractivity contribution in [3.63, 3.8) is 0 Å². The van der Waals surface area contributed by atoms with E-state index in [1.54, 1.807) is 12.1 Å². The van der Waals surface area contributed by atoms with Gasteiger partial charge in [-0.2, -0.15) is 0 Å². The summed E-state index contributed by atoms with van der Waals surface area (Å²) in [6.07, 6.45) is 2.71. The molecule has 0 saturated carbocycles. The Hall–Kier alpha value is -1.55. The molecule has 20 heavy (non-hydrogen) atoms. The van der Waals surface area contributed by atoms with Crippen LogP contribution >= 0.6 is 0 Å². The number of phenols is 1. The zero-order valence-corrected chi connectivity index (χ0v) is 12.0. The first kappa shape index (κ1) is 13.4. The molecule has 108 valence electrons. The number of fused-ring (bicyclic) bond motifs is 1. The van der Waals surface area contributed by atoms with E-state index < -0.39 is 0 Å². The van der Waals surface area contributed by atoms with Gasteiger partial charge in [-0.15, -0.1) is 0 Å². The van der Waals surface area contributed by atoms with Crippen molar-refractivity contribution in [3.8, 4) is 5.75 Å². The minimum Gasteiger partial charge on any atom is -0.508 e. The Morgan fingerprint density at radius 3 is 3.00 bits per heavy atom. The molecule has 1 aromatic rings. The molecule has 2 N–H and O–H groups in total. The van der Waals surface area contributed by atoms with Gasteiger partial charge in [0.2, 0.25) is 5.91 Å². The lowest BCUT2D eigenvalue weighted by Crippen LogP contribution is -2.46. The van der Waals surface area contributed by atoms with Gasteiger partial charge in [-0.3, -0.25) is 4.79 Å². The molecule has 0 aromatic heterocycles. The molecule has 1 fully saturated rings. The van der Waals surface area contributed by atoms with Crippen LogP contribution in [-0.4, -0.2) is 35.5 Å². The molecule has 2 aliphatic heterocycles. The average Bonchev–Trinajstić information content (AvgIpc) is 2.95. The van der Waals surface area contributed by atoms with Crippen LogP contribution in [0.4, 0.5) is 0 Å². The van der Waals surface area contributed by atoms with Crippen molar-refractivity contribution in [2.24, 2.45) is 5.41 Å². The van der Waals surface area contributed by atoms with Crippen LogP contribution in [0.5, 0.6) is 5.75 Å². The van der Waals surface area contributed by atoms with E-state index in [1.165, 1.54) is 5.56 Å². The zero-order valence-electron chi connectivity index (χ0n) is 12.0. The first-order valence-electron chi connectivity index (χ1n) is 7.45. The van der Waals surface area contributed by atoms with E-state index in [9.17, 15) is 9.90 Å². The lowest BCUT2D eigenvalue weighted by Gasteiger charge is -2.36. The van der Waals surface area contributed by atoms with E-state index in [4.69, 9.17) is 0 Å². The third-order valence-electron chi connectivity index (χ3n) is 4.86. The van der Waals surface area contributed by atoms with Crippen molar-refractivity contribution in [1.29, 1.82) is 0 Å². The van der Waals surface area contributed by atoms with Gasteiger partial charge in [0, 0.05) is 19.6 Å².